The summed E-state index contributed by atoms with van der Waals surface area (Å²) >= 11 is 0. The summed E-state index contributed by atoms with van der Waals surface area (Å²) in [5.41, 5.74) is 2.99. The number of hydrogen-bond acceptors (Lipinski definition) is 6. The highest BCUT2D eigenvalue weighted by Crippen LogP contribution is 2.37. The van der Waals surface area contributed by atoms with Gasteiger partial charge in [-0.25, -0.2) is 0 Å². The molecular formula is C26H28N6O3. The molecule has 0 radical (unpaired) electrons. The average molecular weight is 473 g/mol. The Labute approximate surface area is 202 Å². The summed E-state index contributed by atoms with van der Waals surface area (Å²) < 4.78 is 7.32. The SMILES string of the molecule is N#CC1CCCCC1n1nc(Nc2ccc3c(c2)CN(C2CCOCC2)C3=O)c2c(=O)[nH]ccc21. The van der Waals surface area contributed by atoms with Gasteiger partial charge in [-0.3, -0.25) is 14.3 Å². The highest BCUT2D eigenvalue weighted by molar-refractivity contribution is 5.99. The van der Waals surface area contributed by atoms with Crippen molar-refractivity contribution in [1.82, 2.24) is 19.7 Å². The normalized spacial score (nSPS) is 22.8. The molecule has 180 valence electrons. The van der Waals surface area contributed by atoms with Crippen LogP contribution >= 0.6 is 0 Å². The number of nitrogens with zero attached hydrogens (tertiary/aromatic N) is 4. The maximum Gasteiger partial charge on any atom is 0.261 e. The number of aromatic nitrogens is 3. The topological polar surface area (TPSA) is 116 Å². The third kappa shape index (κ3) is 3.78. The van der Waals surface area contributed by atoms with Gasteiger partial charge in [-0.05, 0) is 55.5 Å². The van der Waals surface area contributed by atoms with Crippen molar-refractivity contribution in [3.05, 3.63) is 51.9 Å². The lowest BCUT2D eigenvalue weighted by molar-refractivity contribution is 0.0303. The molecule has 0 bridgehead atoms. The highest BCUT2D eigenvalue weighted by atomic mass is 16.5. The Hall–Kier alpha value is -3.64. The van der Waals surface area contributed by atoms with Gasteiger partial charge in [-0.1, -0.05) is 12.8 Å². The molecular weight excluding hydrogens is 444 g/mol. The van der Waals surface area contributed by atoms with E-state index in [9.17, 15) is 14.9 Å². The zero-order chi connectivity index (χ0) is 23.9. The maximum atomic E-state index is 13.0. The summed E-state index contributed by atoms with van der Waals surface area (Å²) in [4.78, 5) is 30.5. The average Bonchev–Trinajstić information content (AvgIpc) is 3.42. The van der Waals surface area contributed by atoms with Gasteiger partial charge in [0.2, 0.25) is 0 Å². The standard InChI is InChI=1S/C26H28N6O3/c27-14-16-3-1-2-4-21(16)32-22-7-10-28-25(33)23(22)24(30-32)29-18-5-6-20-17(13-18)15-31(26(20)34)19-8-11-35-12-9-19/h5-7,10,13,16,19,21H,1-4,8-9,11-12,15H2,(H,28,33)(H,29,30). The van der Waals surface area contributed by atoms with Crippen molar-refractivity contribution in [2.45, 2.75) is 57.2 Å². The first-order valence-electron chi connectivity index (χ1n) is 12.4. The Balaban J connectivity index is 1.33. The van der Waals surface area contributed by atoms with Crippen molar-refractivity contribution in [2.75, 3.05) is 18.5 Å². The third-order valence-corrected chi connectivity index (χ3v) is 7.67. The quantitative estimate of drug-likeness (QED) is 0.596. The van der Waals surface area contributed by atoms with Crippen LogP contribution in [-0.4, -0.2) is 44.8 Å². The molecule has 9 nitrogen and oxygen atoms in total. The Morgan fingerprint density at radius 3 is 2.77 bits per heavy atom. The molecule has 2 unspecified atom stereocenters. The largest absolute Gasteiger partial charge is 0.381 e. The minimum absolute atomic E-state index is 0.0562. The number of nitrogens with one attached hydrogen (secondary N) is 2. The van der Waals surface area contributed by atoms with Gasteiger partial charge in [0.25, 0.3) is 11.5 Å². The van der Waals surface area contributed by atoms with Crippen LogP contribution in [0.25, 0.3) is 10.9 Å². The first-order valence-corrected chi connectivity index (χ1v) is 12.4. The second-order valence-electron chi connectivity index (χ2n) is 9.72. The summed E-state index contributed by atoms with van der Waals surface area (Å²) in [5, 5.41) is 18.3. The molecule has 1 aromatic carbocycles. The van der Waals surface area contributed by atoms with Gasteiger partial charge in [0.15, 0.2) is 5.82 Å². The number of fused-ring (bicyclic) bond motifs is 2. The highest BCUT2D eigenvalue weighted by Gasteiger charge is 2.34. The molecule has 9 heteroatoms. The van der Waals surface area contributed by atoms with E-state index in [4.69, 9.17) is 9.84 Å². The number of carbonyl (C=O) groups excluding carboxylic acids is 1. The molecule has 1 aliphatic carbocycles. The predicted molar refractivity (Wildman–Crippen MR) is 130 cm³/mol. The summed E-state index contributed by atoms with van der Waals surface area (Å²) in [6.07, 6.45) is 7.14. The first kappa shape index (κ1) is 21.9. The zero-order valence-corrected chi connectivity index (χ0v) is 19.5. The molecule has 4 heterocycles. The van der Waals surface area contributed by atoms with Crippen LogP contribution in [0.2, 0.25) is 0 Å². The number of amides is 1. The third-order valence-electron chi connectivity index (χ3n) is 7.67. The lowest BCUT2D eigenvalue weighted by Crippen LogP contribution is -2.39. The van der Waals surface area contributed by atoms with Crippen molar-refractivity contribution < 1.29 is 9.53 Å². The fourth-order valence-corrected chi connectivity index (χ4v) is 5.84. The van der Waals surface area contributed by atoms with Gasteiger partial charge in [-0.15, -0.1) is 0 Å². The van der Waals surface area contributed by atoms with E-state index in [1.165, 1.54) is 0 Å². The van der Waals surface area contributed by atoms with Gasteiger partial charge < -0.3 is 19.9 Å². The van der Waals surface area contributed by atoms with Crippen LogP contribution in [0.5, 0.6) is 0 Å². The van der Waals surface area contributed by atoms with Crippen LogP contribution in [0.3, 0.4) is 0 Å². The number of hydrogen-bond donors (Lipinski definition) is 2. The van der Waals surface area contributed by atoms with E-state index >= 15 is 0 Å². The second kappa shape index (κ2) is 8.86. The summed E-state index contributed by atoms with van der Waals surface area (Å²) in [5.74, 6) is 0.417. The van der Waals surface area contributed by atoms with E-state index < -0.39 is 0 Å². The molecule has 2 aromatic heterocycles. The van der Waals surface area contributed by atoms with Gasteiger partial charge in [0.05, 0.1) is 23.5 Å². The van der Waals surface area contributed by atoms with Crippen molar-refractivity contribution in [3.63, 3.8) is 0 Å². The van der Waals surface area contributed by atoms with Crippen LogP contribution in [0.4, 0.5) is 11.5 Å². The molecule has 6 rings (SSSR count). The number of anilines is 2. The summed E-state index contributed by atoms with van der Waals surface area (Å²) in [7, 11) is 0. The predicted octanol–water partition coefficient (Wildman–Crippen LogP) is 3.86. The Bertz CT molecular complexity index is 1380. The Kier molecular flexibility index (Phi) is 5.53. The van der Waals surface area contributed by atoms with Crippen LogP contribution in [0.15, 0.2) is 35.3 Å². The zero-order valence-electron chi connectivity index (χ0n) is 19.5. The number of nitriles is 1. The van der Waals surface area contributed by atoms with Gasteiger partial charge >= 0.3 is 0 Å². The summed E-state index contributed by atoms with van der Waals surface area (Å²) in [6.45, 7) is 1.96. The molecule has 1 saturated carbocycles. The van der Waals surface area contributed by atoms with Crippen LogP contribution in [0.1, 0.15) is 60.5 Å². The van der Waals surface area contributed by atoms with E-state index in [2.05, 4.69) is 16.4 Å². The van der Waals surface area contributed by atoms with E-state index in [-0.39, 0.29) is 29.5 Å². The first-order chi connectivity index (χ1) is 17.1. The molecule has 2 N–H and O–H groups in total. The van der Waals surface area contributed by atoms with E-state index in [1.54, 1.807) is 6.20 Å². The van der Waals surface area contributed by atoms with E-state index in [0.717, 1.165) is 60.9 Å². The number of ether oxygens (including phenoxy) is 1. The number of H-pyrrole nitrogens is 1. The molecule has 3 aromatic rings. The van der Waals surface area contributed by atoms with Crippen LogP contribution in [-0.2, 0) is 11.3 Å². The fraction of sp³-hybridized carbons (Fsp3) is 0.462. The number of pyridine rings is 1. The molecule has 35 heavy (non-hydrogen) atoms. The second-order valence-corrected chi connectivity index (χ2v) is 9.72. The van der Waals surface area contributed by atoms with Gasteiger partial charge in [-0.2, -0.15) is 10.4 Å². The number of benzene rings is 1. The minimum Gasteiger partial charge on any atom is -0.381 e. The lowest BCUT2D eigenvalue weighted by Gasteiger charge is -2.30. The molecule has 1 amide bonds. The lowest BCUT2D eigenvalue weighted by atomic mass is 9.85. The van der Waals surface area contributed by atoms with Crippen LogP contribution in [0, 0.1) is 17.2 Å². The van der Waals surface area contributed by atoms with Gasteiger partial charge in [0, 0.05) is 43.2 Å². The number of rotatable bonds is 4. The molecule has 3 aliphatic rings. The maximum absolute atomic E-state index is 13.0. The minimum atomic E-state index is -0.220. The molecule has 2 fully saturated rings. The summed E-state index contributed by atoms with van der Waals surface area (Å²) in [6, 6.07) is 10.2. The van der Waals surface area contributed by atoms with Crippen molar-refractivity contribution in [3.8, 4) is 6.07 Å². The molecule has 2 atom stereocenters. The molecule has 2 aliphatic heterocycles. The van der Waals surface area contributed by atoms with Gasteiger partial charge in [0.1, 0.15) is 5.39 Å². The van der Waals surface area contributed by atoms with Crippen molar-refractivity contribution in [1.29, 1.82) is 5.26 Å². The molecule has 1 saturated heterocycles. The Morgan fingerprint density at radius 1 is 1.11 bits per heavy atom. The molecule has 0 spiro atoms. The van der Waals surface area contributed by atoms with E-state index in [0.29, 0.717) is 31.0 Å². The Morgan fingerprint density at radius 2 is 1.94 bits per heavy atom. The number of aromatic amines is 1. The smallest absolute Gasteiger partial charge is 0.261 e. The monoisotopic (exact) mass is 472 g/mol. The van der Waals surface area contributed by atoms with Crippen molar-refractivity contribution in [2.24, 2.45) is 5.92 Å². The fourth-order valence-electron chi connectivity index (χ4n) is 5.84. The number of carbonyl (C=O) groups is 1. The van der Waals surface area contributed by atoms with Crippen molar-refractivity contribution >= 4 is 28.3 Å². The van der Waals surface area contributed by atoms with Crippen LogP contribution < -0.4 is 10.9 Å². The van der Waals surface area contributed by atoms with E-state index in [1.807, 2.05) is 33.8 Å².